The molecule has 0 saturated heterocycles. The fraction of sp³-hybridized carbons (Fsp3) is 0.538. The molecule has 0 aliphatic heterocycles. The average Bonchev–Trinajstić information content (AvgIpc) is 2.96. The molecular formula is C26H40N10O5S2. The minimum absolute atomic E-state index is 0.250. The van der Waals surface area contributed by atoms with Gasteiger partial charge >= 0.3 is 0 Å². The Balaban J connectivity index is 0.000000696. The lowest BCUT2D eigenvalue weighted by Gasteiger charge is -2.12. The molecule has 236 valence electrons. The van der Waals surface area contributed by atoms with Gasteiger partial charge in [-0.3, -0.25) is 9.93 Å². The summed E-state index contributed by atoms with van der Waals surface area (Å²) < 4.78 is 36.1. The van der Waals surface area contributed by atoms with Crippen LogP contribution in [-0.4, -0.2) is 66.7 Å². The van der Waals surface area contributed by atoms with Gasteiger partial charge in [0, 0.05) is 64.8 Å². The minimum Gasteiger partial charge on any atom is -0.478 e. The maximum Gasteiger partial charge on any atom is 0.213 e. The lowest BCUT2D eigenvalue weighted by atomic mass is 10.3. The van der Waals surface area contributed by atoms with E-state index >= 15 is 0 Å². The topological polar surface area (TPSA) is 231 Å². The molecule has 0 saturated carbocycles. The van der Waals surface area contributed by atoms with Crippen molar-refractivity contribution in [2.45, 2.75) is 63.9 Å². The molecule has 17 heteroatoms. The Hall–Kier alpha value is -3.88. The highest BCUT2D eigenvalue weighted by molar-refractivity contribution is 7.85. The van der Waals surface area contributed by atoms with Crippen molar-refractivity contribution in [1.82, 2.24) is 9.97 Å². The number of hydrogen-bond acceptors (Lipinski definition) is 9. The molecule has 0 spiro atoms. The summed E-state index contributed by atoms with van der Waals surface area (Å²) in [5.41, 5.74) is 17.4. The van der Waals surface area contributed by atoms with E-state index in [1.807, 2.05) is 41.5 Å². The first-order valence-corrected chi connectivity index (χ1v) is 15.3. The van der Waals surface area contributed by atoms with E-state index in [4.69, 9.17) is 25.7 Å². The summed E-state index contributed by atoms with van der Waals surface area (Å²) in [6.45, 7) is 12.8. The molecule has 2 atom stereocenters. The molecule has 43 heavy (non-hydrogen) atoms. The second-order valence-corrected chi connectivity index (χ2v) is 14.0. The summed E-state index contributed by atoms with van der Waals surface area (Å²) in [5, 5.41) is 11.8. The zero-order valence-corrected chi connectivity index (χ0v) is 27.0. The normalized spacial score (nSPS) is 12.2. The van der Waals surface area contributed by atoms with Crippen molar-refractivity contribution in [2.24, 2.45) is 19.8 Å². The van der Waals surface area contributed by atoms with Crippen molar-refractivity contribution in [1.29, 1.82) is 0 Å². The highest BCUT2D eigenvalue weighted by Gasteiger charge is 2.18. The number of aldehydes is 1. The summed E-state index contributed by atoms with van der Waals surface area (Å²) in [6.07, 6.45) is 6.58. The van der Waals surface area contributed by atoms with Crippen molar-refractivity contribution < 1.29 is 22.7 Å². The van der Waals surface area contributed by atoms with Crippen molar-refractivity contribution in [3.8, 4) is 11.8 Å². The molecule has 0 radical (unpaired) electrons. The summed E-state index contributed by atoms with van der Waals surface area (Å²) in [6, 6.07) is 6.76. The Morgan fingerprint density at radius 3 is 1.60 bits per heavy atom. The van der Waals surface area contributed by atoms with Gasteiger partial charge in [-0.25, -0.2) is 18.4 Å². The van der Waals surface area contributed by atoms with Crippen LogP contribution in [0.15, 0.2) is 51.3 Å². The van der Waals surface area contributed by atoms with Crippen LogP contribution in [-0.2, 0) is 22.0 Å². The molecule has 0 aliphatic carbocycles. The predicted octanol–water partition coefficient (Wildman–Crippen LogP) is 5.42. The molecule has 2 heterocycles. The quantitative estimate of drug-likeness (QED) is 0.0747. The Morgan fingerprint density at radius 1 is 0.837 bits per heavy atom. The Labute approximate surface area is 257 Å². The molecule has 0 bridgehead atoms. The van der Waals surface area contributed by atoms with E-state index in [-0.39, 0.29) is 9.49 Å². The standard InChI is InChI=1S/C13H19N5O2S.C9H10N4O2.C4H11NOS/c1-13(2,3)21(19)17-10-11-5-6-12(15-9-11)20-8-4-7-16-18-14;10-13-12-4-1-5-15-9-3-2-8(7-14)6-11-9;1-4(2,3)7(5)6/h5-6,9-10H,4,7-8H2,1-3H3;2-3,6-7H,1,4-5H2;5H2,1-3H3/t21-;;7-/m1.1/s1. The molecule has 2 rings (SSSR count). The van der Waals surface area contributed by atoms with Gasteiger partial charge in [-0.1, -0.05) is 10.2 Å². The Morgan fingerprint density at radius 2 is 1.28 bits per heavy atom. The molecule has 15 nitrogen and oxygen atoms in total. The van der Waals surface area contributed by atoms with Crippen LogP contribution < -0.4 is 14.6 Å². The lowest BCUT2D eigenvalue weighted by Crippen LogP contribution is -2.27. The van der Waals surface area contributed by atoms with E-state index in [1.54, 1.807) is 36.7 Å². The van der Waals surface area contributed by atoms with Crippen LogP contribution in [0.5, 0.6) is 11.8 Å². The summed E-state index contributed by atoms with van der Waals surface area (Å²) >= 11 is 0. The highest BCUT2D eigenvalue weighted by Crippen LogP contribution is 2.13. The molecule has 2 aromatic heterocycles. The largest absolute Gasteiger partial charge is 0.478 e. The molecule has 0 amide bonds. The average molecular weight is 637 g/mol. The second kappa shape index (κ2) is 21.8. The number of hydrogen-bond donors (Lipinski definition) is 1. The first-order valence-electron chi connectivity index (χ1n) is 13.0. The maximum absolute atomic E-state index is 11.8. The van der Waals surface area contributed by atoms with Crippen LogP contribution in [0.25, 0.3) is 20.9 Å². The Kier molecular flexibility index (Phi) is 19.8. The van der Waals surface area contributed by atoms with Crippen LogP contribution in [0.2, 0.25) is 0 Å². The number of carbonyl (C=O) groups excluding carboxylic acids is 1. The minimum atomic E-state index is -1.28. The molecule has 2 aromatic rings. The number of nitrogens with two attached hydrogens (primary N) is 1. The van der Waals surface area contributed by atoms with E-state index < -0.39 is 22.0 Å². The van der Waals surface area contributed by atoms with Gasteiger partial charge in [0.2, 0.25) is 11.8 Å². The van der Waals surface area contributed by atoms with Crippen LogP contribution in [0.1, 0.15) is 70.3 Å². The van der Waals surface area contributed by atoms with Crippen LogP contribution in [0.3, 0.4) is 0 Å². The molecule has 0 aromatic carbocycles. The molecule has 0 fully saturated rings. The zero-order chi connectivity index (χ0) is 32.7. The summed E-state index contributed by atoms with van der Waals surface area (Å²) in [4.78, 5) is 23.6. The lowest BCUT2D eigenvalue weighted by molar-refractivity contribution is 0.112. The van der Waals surface area contributed by atoms with Crippen LogP contribution in [0.4, 0.5) is 0 Å². The fourth-order valence-corrected chi connectivity index (χ4v) is 2.61. The van der Waals surface area contributed by atoms with E-state index in [9.17, 15) is 13.2 Å². The van der Waals surface area contributed by atoms with Gasteiger partial charge in [-0.05, 0) is 77.6 Å². The third-order valence-electron chi connectivity index (χ3n) is 4.51. The molecule has 2 N–H and O–H groups in total. The Bertz CT molecular complexity index is 1270. The smallest absolute Gasteiger partial charge is 0.213 e. The number of aromatic nitrogens is 2. The van der Waals surface area contributed by atoms with Gasteiger partial charge < -0.3 is 9.47 Å². The van der Waals surface area contributed by atoms with E-state index in [1.165, 1.54) is 6.20 Å². The van der Waals surface area contributed by atoms with Crippen molar-refractivity contribution in [3.05, 3.63) is 68.7 Å². The van der Waals surface area contributed by atoms with Crippen molar-refractivity contribution >= 4 is 34.5 Å². The fourth-order valence-electron chi connectivity index (χ4n) is 2.08. The van der Waals surface area contributed by atoms with Gasteiger partial charge in [0.15, 0.2) is 6.29 Å². The number of nitrogens with zero attached hydrogens (tertiary/aromatic N) is 9. The third-order valence-corrected chi connectivity index (χ3v) is 7.06. The molecule has 0 aliphatic rings. The van der Waals surface area contributed by atoms with Gasteiger partial charge in [-0.15, -0.1) is 0 Å². The number of ether oxygens (including phenoxy) is 2. The monoisotopic (exact) mass is 636 g/mol. The number of rotatable bonds is 13. The van der Waals surface area contributed by atoms with Crippen molar-refractivity contribution in [3.63, 3.8) is 0 Å². The van der Waals surface area contributed by atoms with E-state index in [2.05, 4.69) is 34.4 Å². The summed E-state index contributed by atoms with van der Waals surface area (Å²) in [5.74, 6) is 0.951. The summed E-state index contributed by atoms with van der Waals surface area (Å²) in [7, 11) is -2.46. The third kappa shape index (κ3) is 20.6. The van der Waals surface area contributed by atoms with Crippen molar-refractivity contribution in [2.75, 3.05) is 26.3 Å². The first-order chi connectivity index (χ1) is 20.2. The molecular weight excluding hydrogens is 596 g/mol. The van der Waals surface area contributed by atoms with Gasteiger partial charge in [0.1, 0.15) is 11.0 Å². The highest BCUT2D eigenvalue weighted by atomic mass is 32.2. The SMILES string of the molecule is CC(C)(C)[S@@](=O)N=Cc1ccc(OCCCN=[N+]=[N-])nc1.CC(C)(C)[S@](N)=O.[N-]=[N+]=NCCCOc1ccc(C=O)cn1. The zero-order valence-electron chi connectivity index (χ0n) is 25.3. The predicted molar refractivity (Wildman–Crippen MR) is 170 cm³/mol. The van der Waals surface area contributed by atoms with Crippen LogP contribution >= 0.6 is 0 Å². The second-order valence-electron chi connectivity index (χ2n) is 10.3. The van der Waals surface area contributed by atoms with Gasteiger partial charge in [0.05, 0.1) is 33.7 Å². The maximum atomic E-state index is 11.8. The van der Waals surface area contributed by atoms with E-state index in [0.717, 1.165) is 11.8 Å². The van der Waals surface area contributed by atoms with Crippen LogP contribution in [0, 0.1) is 0 Å². The van der Waals surface area contributed by atoms with Gasteiger partial charge in [0.25, 0.3) is 0 Å². The number of azide groups is 2. The first kappa shape index (κ1) is 39.1. The number of pyridine rings is 2. The molecule has 0 unspecified atom stereocenters. The number of carbonyl (C=O) groups is 1. The van der Waals surface area contributed by atoms with E-state index in [0.29, 0.717) is 56.5 Å². The van der Waals surface area contributed by atoms with Gasteiger partial charge in [-0.2, -0.15) is 4.40 Å².